The van der Waals surface area contributed by atoms with Crippen molar-refractivity contribution in [2.24, 2.45) is 0 Å². The minimum atomic E-state index is -0.974. The lowest BCUT2D eigenvalue weighted by Crippen LogP contribution is -2.37. The Balaban J connectivity index is 1.63. The van der Waals surface area contributed by atoms with Crippen LogP contribution in [0.25, 0.3) is 0 Å². The Bertz CT molecular complexity index is 623. The summed E-state index contributed by atoms with van der Waals surface area (Å²) in [6.07, 6.45) is 1.64. The smallest absolute Gasteiger partial charge is 0.315 e. The second-order valence-electron chi connectivity index (χ2n) is 4.35. The number of halogens is 2. The van der Waals surface area contributed by atoms with Crippen LogP contribution in [-0.2, 0) is 6.54 Å². The molecule has 0 fully saturated rings. The van der Waals surface area contributed by atoms with E-state index >= 15 is 0 Å². The summed E-state index contributed by atoms with van der Waals surface area (Å²) in [5.74, 6) is -1.70. The van der Waals surface area contributed by atoms with Gasteiger partial charge in [-0.15, -0.1) is 0 Å². The number of ether oxygens (including phenoxy) is 1. The highest BCUT2D eigenvalue weighted by molar-refractivity contribution is 5.73. The predicted octanol–water partition coefficient (Wildman–Crippen LogP) is 2.24. The lowest BCUT2D eigenvalue weighted by molar-refractivity contribution is 0.236. The molecule has 0 bridgehead atoms. The third kappa shape index (κ3) is 5.01. The molecule has 0 saturated heterocycles. The van der Waals surface area contributed by atoms with Crippen LogP contribution in [0.4, 0.5) is 13.6 Å². The highest BCUT2D eigenvalue weighted by Crippen LogP contribution is 2.14. The molecule has 1 aromatic carbocycles. The van der Waals surface area contributed by atoms with Gasteiger partial charge in [0.05, 0.1) is 18.8 Å². The van der Waals surface area contributed by atoms with Gasteiger partial charge in [-0.3, -0.25) is 4.98 Å². The van der Waals surface area contributed by atoms with E-state index < -0.39 is 11.6 Å². The van der Waals surface area contributed by atoms with Crippen LogP contribution in [-0.4, -0.2) is 24.2 Å². The molecule has 0 unspecified atom stereocenters. The zero-order valence-electron chi connectivity index (χ0n) is 11.7. The Hall–Kier alpha value is -2.70. The molecule has 2 rings (SSSR count). The maximum atomic E-state index is 12.9. The lowest BCUT2D eigenvalue weighted by atomic mass is 10.3. The van der Waals surface area contributed by atoms with Crippen molar-refractivity contribution >= 4 is 6.03 Å². The molecule has 1 aromatic heterocycles. The molecule has 5 nitrogen and oxygen atoms in total. The van der Waals surface area contributed by atoms with E-state index in [2.05, 4.69) is 15.6 Å². The molecule has 0 atom stereocenters. The van der Waals surface area contributed by atoms with Gasteiger partial charge in [-0.2, -0.15) is 0 Å². The Morgan fingerprint density at radius 1 is 1.14 bits per heavy atom. The molecule has 2 N–H and O–H groups in total. The van der Waals surface area contributed by atoms with Gasteiger partial charge >= 0.3 is 6.03 Å². The van der Waals surface area contributed by atoms with Crippen LogP contribution in [0.3, 0.4) is 0 Å². The minimum Gasteiger partial charge on any atom is -0.492 e. The standard InChI is InChI=1S/C15H15F2N3O2/c16-13-5-4-12(9-14(13)17)22-8-7-19-15(21)20-10-11-3-1-2-6-18-11/h1-6,9H,7-8,10H2,(H2,19,20,21). The van der Waals surface area contributed by atoms with Crippen molar-refractivity contribution in [1.82, 2.24) is 15.6 Å². The second-order valence-corrected chi connectivity index (χ2v) is 4.35. The van der Waals surface area contributed by atoms with Gasteiger partial charge in [0.2, 0.25) is 0 Å². The van der Waals surface area contributed by atoms with Crippen LogP contribution >= 0.6 is 0 Å². The predicted molar refractivity (Wildman–Crippen MR) is 76.3 cm³/mol. The van der Waals surface area contributed by atoms with Gasteiger partial charge in [-0.05, 0) is 24.3 Å². The fourth-order valence-corrected chi connectivity index (χ4v) is 1.64. The molecular weight excluding hydrogens is 292 g/mol. The average Bonchev–Trinajstić information content (AvgIpc) is 2.54. The van der Waals surface area contributed by atoms with Crippen LogP contribution < -0.4 is 15.4 Å². The van der Waals surface area contributed by atoms with Crippen molar-refractivity contribution in [1.29, 1.82) is 0 Å². The number of rotatable bonds is 6. The van der Waals surface area contributed by atoms with Gasteiger partial charge in [0.25, 0.3) is 0 Å². The molecular formula is C15H15F2N3O2. The molecule has 2 amide bonds. The molecule has 0 spiro atoms. The fourth-order valence-electron chi connectivity index (χ4n) is 1.64. The first-order valence-corrected chi connectivity index (χ1v) is 6.64. The molecule has 0 saturated carbocycles. The number of amides is 2. The van der Waals surface area contributed by atoms with Crippen molar-refractivity contribution in [3.8, 4) is 5.75 Å². The van der Waals surface area contributed by atoms with Crippen molar-refractivity contribution in [3.63, 3.8) is 0 Å². The molecule has 22 heavy (non-hydrogen) atoms. The number of pyridine rings is 1. The largest absolute Gasteiger partial charge is 0.492 e. The third-order valence-electron chi connectivity index (χ3n) is 2.70. The van der Waals surface area contributed by atoms with Gasteiger partial charge in [-0.25, -0.2) is 13.6 Å². The van der Waals surface area contributed by atoms with Gasteiger partial charge in [0.15, 0.2) is 11.6 Å². The Kier molecular flexibility index (Phi) is 5.65. The number of urea groups is 1. The Morgan fingerprint density at radius 2 is 2.00 bits per heavy atom. The zero-order chi connectivity index (χ0) is 15.8. The third-order valence-corrected chi connectivity index (χ3v) is 2.70. The number of hydrogen-bond donors (Lipinski definition) is 2. The molecule has 0 aliphatic rings. The summed E-state index contributed by atoms with van der Waals surface area (Å²) in [5, 5.41) is 5.22. The van der Waals surface area contributed by atoms with Gasteiger partial charge < -0.3 is 15.4 Å². The van der Waals surface area contributed by atoms with Gasteiger partial charge in [0, 0.05) is 12.3 Å². The van der Waals surface area contributed by atoms with Crippen LogP contribution in [0.5, 0.6) is 5.75 Å². The van der Waals surface area contributed by atoms with E-state index in [0.717, 1.165) is 17.8 Å². The second kappa shape index (κ2) is 7.92. The summed E-state index contributed by atoms with van der Waals surface area (Å²) >= 11 is 0. The number of hydrogen-bond acceptors (Lipinski definition) is 3. The topological polar surface area (TPSA) is 63.2 Å². The quantitative estimate of drug-likeness (QED) is 0.805. The Labute approximate surface area is 126 Å². The van der Waals surface area contributed by atoms with Crippen molar-refractivity contribution in [2.45, 2.75) is 6.54 Å². The number of nitrogens with one attached hydrogen (secondary N) is 2. The summed E-state index contributed by atoms with van der Waals surface area (Å²) in [6, 6.07) is 8.32. The lowest BCUT2D eigenvalue weighted by Gasteiger charge is -2.09. The zero-order valence-corrected chi connectivity index (χ0v) is 11.7. The number of nitrogens with zero attached hydrogens (tertiary/aromatic N) is 1. The first-order valence-electron chi connectivity index (χ1n) is 6.64. The molecule has 0 aliphatic carbocycles. The van der Waals surface area contributed by atoms with Gasteiger partial charge in [0.1, 0.15) is 12.4 Å². The highest BCUT2D eigenvalue weighted by atomic mass is 19.2. The molecule has 7 heteroatoms. The van der Waals surface area contributed by atoms with Crippen LogP contribution in [0, 0.1) is 11.6 Å². The van der Waals surface area contributed by atoms with E-state index in [-0.39, 0.29) is 24.9 Å². The summed E-state index contributed by atoms with van der Waals surface area (Å²) in [6.45, 7) is 0.686. The minimum absolute atomic E-state index is 0.141. The monoisotopic (exact) mass is 307 g/mol. The van der Waals surface area contributed by atoms with Gasteiger partial charge in [-0.1, -0.05) is 6.07 Å². The van der Waals surface area contributed by atoms with Crippen molar-refractivity contribution in [2.75, 3.05) is 13.2 Å². The first-order chi connectivity index (χ1) is 10.6. The van der Waals surface area contributed by atoms with E-state index in [1.54, 1.807) is 18.3 Å². The van der Waals surface area contributed by atoms with Crippen LogP contribution in [0.15, 0.2) is 42.6 Å². The number of carbonyl (C=O) groups excluding carboxylic acids is 1. The Morgan fingerprint density at radius 3 is 2.73 bits per heavy atom. The summed E-state index contributed by atoms with van der Waals surface area (Å²) < 4.78 is 30.8. The maximum Gasteiger partial charge on any atom is 0.315 e. The molecule has 2 aromatic rings. The molecule has 1 heterocycles. The highest BCUT2D eigenvalue weighted by Gasteiger charge is 2.04. The molecule has 116 valence electrons. The number of aromatic nitrogens is 1. The van der Waals surface area contributed by atoms with E-state index in [1.807, 2.05) is 6.07 Å². The maximum absolute atomic E-state index is 12.9. The first kappa shape index (κ1) is 15.7. The van der Waals surface area contributed by atoms with E-state index in [1.165, 1.54) is 6.07 Å². The SMILES string of the molecule is O=C(NCCOc1ccc(F)c(F)c1)NCc1ccccn1. The normalized spacial score (nSPS) is 10.1. The fraction of sp³-hybridized carbons (Fsp3) is 0.200. The summed E-state index contributed by atoms with van der Waals surface area (Å²) in [5.41, 5.74) is 0.746. The molecule has 0 aliphatic heterocycles. The number of carbonyl (C=O) groups is 1. The summed E-state index contributed by atoms with van der Waals surface area (Å²) in [7, 11) is 0. The van der Waals surface area contributed by atoms with Crippen molar-refractivity contribution < 1.29 is 18.3 Å². The summed E-state index contributed by atoms with van der Waals surface area (Å²) in [4.78, 5) is 15.6. The number of benzene rings is 1. The van der Waals surface area contributed by atoms with Crippen LogP contribution in [0.1, 0.15) is 5.69 Å². The average molecular weight is 307 g/mol. The van der Waals surface area contributed by atoms with Crippen molar-refractivity contribution in [3.05, 3.63) is 59.9 Å². The van der Waals surface area contributed by atoms with E-state index in [0.29, 0.717) is 6.54 Å². The molecule has 0 radical (unpaired) electrons. The van der Waals surface area contributed by atoms with Crippen LogP contribution in [0.2, 0.25) is 0 Å². The van der Waals surface area contributed by atoms with E-state index in [9.17, 15) is 13.6 Å². The van der Waals surface area contributed by atoms with E-state index in [4.69, 9.17) is 4.74 Å².